The summed E-state index contributed by atoms with van der Waals surface area (Å²) < 4.78 is 25.9. The molecule has 0 aromatic heterocycles. The summed E-state index contributed by atoms with van der Waals surface area (Å²) >= 11 is 0. The lowest BCUT2D eigenvalue weighted by atomic mass is 10.1. The molecule has 0 heterocycles. The molecule has 1 nitrogen and oxygen atoms in total. The van der Waals surface area contributed by atoms with Crippen molar-refractivity contribution in [3.8, 4) is 0 Å². The Hall–Kier alpha value is -1.22. The SMILES string of the molecule is CCNC(C)/C(C)=C/c1cc(F)cc(F)c1. The predicted molar refractivity (Wildman–Crippen MR) is 63.1 cm³/mol. The van der Waals surface area contributed by atoms with Crippen LogP contribution in [-0.4, -0.2) is 12.6 Å². The predicted octanol–water partition coefficient (Wildman–Crippen LogP) is 3.37. The molecule has 0 radical (unpaired) electrons. The number of halogens is 2. The first-order valence-corrected chi connectivity index (χ1v) is 5.40. The Balaban J connectivity index is 2.88. The van der Waals surface area contributed by atoms with E-state index in [1.807, 2.05) is 20.8 Å². The van der Waals surface area contributed by atoms with E-state index in [1.165, 1.54) is 12.1 Å². The van der Waals surface area contributed by atoms with Crippen molar-refractivity contribution in [3.63, 3.8) is 0 Å². The molecule has 3 heteroatoms. The fourth-order valence-electron chi connectivity index (χ4n) is 1.51. The van der Waals surface area contributed by atoms with Gasteiger partial charge in [0.15, 0.2) is 0 Å². The third kappa shape index (κ3) is 3.74. The van der Waals surface area contributed by atoms with Crippen LogP contribution >= 0.6 is 0 Å². The minimum Gasteiger partial charge on any atom is -0.311 e. The lowest BCUT2D eigenvalue weighted by Gasteiger charge is -2.12. The van der Waals surface area contributed by atoms with Crippen LogP contribution in [-0.2, 0) is 0 Å². The molecule has 0 saturated carbocycles. The highest BCUT2D eigenvalue weighted by molar-refractivity contribution is 5.53. The maximum Gasteiger partial charge on any atom is 0.126 e. The molecule has 16 heavy (non-hydrogen) atoms. The van der Waals surface area contributed by atoms with Crippen LogP contribution in [0.3, 0.4) is 0 Å². The fraction of sp³-hybridized carbons (Fsp3) is 0.385. The number of benzene rings is 1. The van der Waals surface area contributed by atoms with E-state index in [9.17, 15) is 8.78 Å². The second-order valence-corrected chi connectivity index (χ2v) is 3.87. The Morgan fingerprint density at radius 3 is 2.38 bits per heavy atom. The number of hydrogen-bond donors (Lipinski definition) is 1. The van der Waals surface area contributed by atoms with E-state index in [-0.39, 0.29) is 6.04 Å². The van der Waals surface area contributed by atoms with Crippen molar-refractivity contribution in [1.82, 2.24) is 5.32 Å². The maximum absolute atomic E-state index is 12.9. The third-order valence-electron chi connectivity index (χ3n) is 2.47. The van der Waals surface area contributed by atoms with Crippen LogP contribution in [0.5, 0.6) is 0 Å². The lowest BCUT2D eigenvalue weighted by molar-refractivity contribution is 0.582. The standard InChI is InChI=1S/C13H17F2N/c1-4-16-10(3)9(2)5-11-6-12(14)8-13(15)7-11/h5-8,10,16H,4H2,1-3H3/b9-5+. The largest absolute Gasteiger partial charge is 0.311 e. The zero-order chi connectivity index (χ0) is 12.1. The van der Waals surface area contributed by atoms with Gasteiger partial charge in [-0.1, -0.05) is 18.6 Å². The number of hydrogen-bond acceptors (Lipinski definition) is 1. The summed E-state index contributed by atoms with van der Waals surface area (Å²) in [4.78, 5) is 0. The Morgan fingerprint density at radius 1 is 1.31 bits per heavy atom. The molecule has 0 saturated heterocycles. The molecule has 0 spiro atoms. The van der Waals surface area contributed by atoms with Crippen molar-refractivity contribution in [2.45, 2.75) is 26.8 Å². The first-order chi connectivity index (χ1) is 7.52. The van der Waals surface area contributed by atoms with Crippen LogP contribution in [0.25, 0.3) is 6.08 Å². The summed E-state index contributed by atoms with van der Waals surface area (Å²) in [5, 5.41) is 3.24. The van der Waals surface area contributed by atoms with E-state index < -0.39 is 11.6 Å². The van der Waals surface area contributed by atoms with Gasteiger partial charge in [-0.25, -0.2) is 8.78 Å². The molecule has 0 bridgehead atoms. The first-order valence-electron chi connectivity index (χ1n) is 5.40. The minimum absolute atomic E-state index is 0.205. The van der Waals surface area contributed by atoms with E-state index in [2.05, 4.69) is 5.32 Å². The average molecular weight is 225 g/mol. The van der Waals surface area contributed by atoms with Crippen molar-refractivity contribution in [1.29, 1.82) is 0 Å². The topological polar surface area (TPSA) is 12.0 Å². The molecule has 1 unspecified atom stereocenters. The molecule has 1 aromatic carbocycles. The monoisotopic (exact) mass is 225 g/mol. The third-order valence-corrected chi connectivity index (χ3v) is 2.47. The summed E-state index contributed by atoms with van der Waals surface area (Å²) in [7, 11) is 0. The van der Waals surface area contributed by atoms with Crippen LogP contribution in [0.4, 0.5) is 8.78 Å². The quantitative estimate of drug-likeness (QED) is 0.828. The Kier molecular flexibility index (Phi) is 4.62. The van der Waals surface area contributed by atoms with Crippen molar-refractivity contribution in [3.05, 3.63) is 41.0 Å². The normalized spacial score (nSPS) is 13.9. The van der Waals surface area contributed by atoms with Crippen LogP contribution < -0.4 is 5.32 Å². The molecule has 1 N–H and O–H groups in total. The van der Waals surface area contributed by atoms with Crippen molar-refractivity contribution < 1.29 is 8.78 Å². The molecule has 0 aliphatic heterocycles. The average Bonchev–Trinajstić information content (AvgIpc) is 2.16. The highest BCUT2D eigenvalue weighted by Gasteiger charge is 2.03. The molecule has 0 aliphatic rings. The number of rotatable bonds is 4. The van der Waals surface area contributed by atoms with Gasteiger partial charge in [0, 0.05) is 12.1 Å². The Morgan fingerprint density at radius 2 is 1.88 bits per heavy atom. The van der Waals surface area contributed by atoms with E-state index in [1.54, 1.807) is 6.08 Å². The van der Waals surface area contributed by atoms with Gasteiger partial charge in [-0.15, -0.1) is 0 Å². The molecular formula is C13H17F2N. The van der Waals surface area contributed by atoms with Gasteiger partial charge in [0.25, 0.3) is 0 Å². The summed E-state index contributed by atoms with van der Waals surface area (Å²) in [6.07, 6.45) is 1.79. The minimum atomic E-state index is -0.546. The summed E-state index contributed by atoms with van der Waals surface area (Å²) in [6, 6.07) is 3.73. The number of likely N-dealkylation sites (N-methyl/N-ethyl adjacent to an activating group) is 1. The molecule has 1 atom stereocenters. The summed E-state index contributed by atoms with van der Waals surface area (Å²) in [5.74, 6) is -1.09. The van der Waals surface area contributed by atoms with Crippen LogP contribution in [0.1, 0.15) is 26.3 Å². The van der Waals surface area contributed by atoms with Gasteiger partial charge < -0.3 is 5.32 Å². The Bertz CT molecular complexity index is 365. The van der Waals surface area contributed by atoms with Gasteiger partial charge in [0.05, 0.1) is 0 Å². The van der Waals surface area contributed by atoms with Crippen molar-refractivity contribution in [2.75, 3.05) is 6.54 Å². The highest BCUT2D eigenvalue weighted by atomic mass is 19.1. The molecule has 0 fully saturated rings. The van der Waals surface area contributed by atoms with Gasteiger partial charge in [0.2, 0.25) is 0 Å². The zero-order valence-electron chi connectivity index (χ0n) is 9.85. The lowest BCUT2D eigenvalue weighted by Crippen LogP contribution is -2.26. The van der Waals surface area contributed by atoms with Crippen LogP contribution in [0, 0.1) is 11.6 Å². The van der Waals surface area contributed by atoms with Crippen LogP contribution in [0.2, 0.25) is 0 Å². The van der Waals surface area contributed by atoms with E-state index in [0.29, 0.717) is 5.56 Å². The van der Waals surface area contributed by atoms with E-state index in [4.69, 9.17) is 0 Å². The van der Waals surface area contributed by atoms with E-state index in [0.717, 1.165) is 18.2 Å². The van der Waals surface area contributed by atoms with Gasteiger partial charge in [-0.2, -0.15) is 0 Å². The van der Waals surface area contributed by atoms with Gasteiger partial charge >= 0.3 is 0 Å². The van der Waals surface area contributed by atoms with Crippen molar-refractivity contribution in [2.24, 2.45) is 0 Å². The van der Waals surface area contributed by atoms with Crippen molar-refractivity contribution >= 4 is 6.08 Å². The fourth-order valence-corrected chi connectivity index (χ4v) is 1.51. The van der Waals surface area contributed by atoms with Gasteiger partial charge in [-0.05, 0) is 38.1 Å². The van der Waals surface area contributed by atoms with Gasteiger partial charge in [-0.3, -0.25) is 0 Å². The molecule has 0 amide bonds. The van der Waals surface area contributed by atoms with Crippen LogP contribution in [0.15, 0.2) is 23.8 Å². The summed E-state index contributed by atoms with van der Waals surface area (Å²) in [5.41, 5.74) is 1.60. The summed E-state index contributed by atoms with van der Waals surface area (Å²) in [6.45, 7) is 6.84. The molecule has 1 aromatic rings. The van der Waals surface area contributed by atoms with Gasteiger partial charge in [0.1, 0.15) is 11.6 Å². The highest BCUT2D eigenvalue weighted by Crippen LogP contribution is 2.13. The molecule has 88 valence electrons. The smallest absolute Gasteiger partial charge is 0.126 e. The molecular weight excluding hydrogens is 208 g/mol. The molecule has 0 aliphatic carbocycles. The first kappa shape index (κ1) is 12.8. The molecule has 1 rings (SSSR count). The Labute approximate surface area is 95.2 Å². The second-order valence-electron chi connectivity index (χ2n) is 3.87. The van der Waals surface area contributed by atoms with E-state index >= 15 is 0 Å². The zero-order valence-corrected chi connectivity index (χ0v) is 9.85. The maximum atomic E-state index is 12.9. The number of nitrogens with one attached hydrogen (secondary N) is 1. The second kappa shape index (κ2) is 5.75.